The molecule has 7 aliphatic heterocycles. The maximum atomic E-state index is 15.7. The Hall–Kier alpha value is -11.9. The molecule has 46 nitrogen and oxygen atoms in total. The highest BCUT2D eigenvalue weighted by Gasteiger charge is 2.51. The zero-order valence-corrected chi connectivity index (χ0v) is 70.5. The molecule has 690 valence electrons. The van der Waals surface area contributed by atoms with Crippen LogP contribution in [0, 0.1) is 0 Å². The number of aromatic hydroxyl groups is 1. The predicted molar refractivity (Wildman–Crippen MR) is 465 cm³/mol. The summed E-state index contributed by atoms with van der Waals surface area (Å²) in [6, 6.07) is -1.64. The summed E-state index contributed by atoms with van der Waals surface area (Å²) in [7, 11) is -3.61. The Morgan fingerprint density at radius 1 is 0.394 bits per heavy atom. The Balaban J connectivity index is 0.924. The summed E-state index contributed by atoms with van der Waals surface area (Å²) in [5.74, 6) is -10.1. The lowest BCUT2D eigenvalue weighted by Crippen LogP contribution is -2.60. The van der Waals surface area contributed by atoms with Crippen molar-refractivity contribution in [1.82, 2.24) is 72.4 Å². The lowest BCUT2D eigenvalue weighted by molar-refractivity contribution is -0.147. The van der Waals surface area contributed by atoms with Crippen molar-refractivity contribution >= 4 is 120 Å². The average Bonchev–Trinajstić information content (AvgIpc) is 1.63. The summed E-state index contributed by atoms with van der Waals surface area (Å²) in [6.45, 7) is -0.0480. The minimum atomic E-state index is -1.81. The van der Waals surface area contributed by atoms with Crippen molar-refractivity contribution in [3.05, 3.63) is 89.5 Å². The molecule has 0 spiro atoms. The molecular formula is C79H120B2N28O18. The first kappa shape index (κ1) is 97.3. The van der Waals surface area contributed by atoms with Crippen LogP contribution >= 0.6 is 0 Å². The molecule has 7 heterocycles. The van der Waals surface area contributed by atoms with Crippen molar-refractivity contribution in [2.45, 2.75) is 218 Å². The van der Waals surface area contributed by atoms with Crippen molar-refractivity contribution in [3.8, 4) is 5.75 Å². The van der Waals surface area contributed by atoms with Gasteiger partial charge in [0.2, 0.25) is 65.0 Å². The number of nitrogens with one attached hydrogen (secondary N) is 9. The number of primary amides is 1. The van der Waals surface area contributed by atoms with Gasteiger partial charge >= 0.3 is 14.2 Å². The van der Waals surface area contributed by atoms with Gasteiger partial charge in [0.05, 0.1) is 30.2 Å². The number of aliphatic imine (C=N–C) groups is 3. The number of guanidine groups is 3. The average molecular weight is 1770 g/mol. The normalized spacial score (nSPS) is 24.6. The number of phenols is 1. The molecule has 0 unspecified atom stereocenters. The van der Waals surface area contributed by atoms with E-state index in [1.54, 1.807) is 0 Å². The van der Waals surface area contributed by atoms with Crippen molar-refractivity contribution in [1.29, 1.82) is 0 Å². The molecule has 18 atom stereocenters. The predicted octanol–water partition coefficient (Wildman–Crippen LogP) is -12.8. The van der Waals surface area contributed by atoms with Crippen LogP contribution in [0.15, 0.2) is 87.8 Å². The van der Waals surface area contributed by atoms with Crippen LogP contribution in [0.3, 0.4) is 0 Å². The summed E-state index contributed by atoms with van der Waals surface area (Å²) in [5, 5.41) is 74.3. The molecule has 0 bridgehead atoms. The Kier molecular flexibility index (Phi) is 34.5. The molecule has 7 aliphatic rings. The number of phenolic OH excluding ortho intramolecular Hbond substituents is 1. The molecule has 10 rings (SSSR count). The Labute approximate surface area is 733 Å². The van der Waals surface area contributed by atoms with Crippen LogP contribution in [0.5, 0.6) is 5.75 Å². The number of carbonyl (C=O) groups is 13. The van der Waals surface area contributed by atoms with Gasteiger partial charge in [-0.1, -0.05) is 36.4 Å². The van der Waals surface area contributed by atoms with Crippen LogP contribution in [0.1, 0.15) is 129 Å². The van der Waals surface area contributed by atoms with Crippen molar-refractivity contribution in [2.24, 2.45) is 78.0 Å². The number of nitrogens with two attached hydrogens (primary N) is 11. The van der Waals surface area contributed by atoms with Gasteiger partial charge < -0.3 is 161 Å². The highest BCUT2D eigenvalue weighted by molar-refractivity contribution is 6.59. The van der Waals surface area contributed by atoms with E-state index in [0.717, 1.165) is 4.90 Å². The van der Waals surface area contributed by atoms with E-state index in [2.05, 4.69) is 62.8 Å². The lowest BCUT2D eigenvalue weighted by Gasteiger charge is -2.32. The molecule has 0 aliphatic carbocycles. The number of amides is 13. The summed E-state index contributed by atoms with van der Waals surface area (Å²) in [6.07, 6.45) is -0.0945. The molecule has 7 fully saturated rings. The van der Waals surface area contributed by atoms with Crippen molar-refractivity contribution in [2.75, 3.05) is 65.4 Å². The molecule has 3 aromatic carbocycles. The summed E-state index contributed by atoms with van der Waals surface area (Å²) in [4.78, 5) is 208. The van der Waals surface area contributed by atoms with E-state index in [-0.39, 0.29) is 214 Å². The first-order valence-corrected chi connectivity index (χ1v) is 42.7. The molecule has 0 saturated carbocycles. The van der Waals surface area contributed by atoms with Gasteiger partial charge in [-0.2, -0.15) is 0 Å². The van der Waals surface area contributed by atoms with E-state index < -0.39 is 200 Å². The minimum absolute atomic E-state index is 0.00372. The van der Waals surface area contributed by atoms with E-state index in [0.29, 0.717) is 12.1 Å². The van der Waals surface area contributed by atoms with Crippen LogP contribution in [-0.2, 0) is 59.2 Å². The van der Waals surface area contributed by atoms with Gasteiger partial charge in [0.25, 0.3) is 11.8 Å². The maximum Gasteiger partial charge on any atom is 0.488 e. The quantitative estimate of drug-likeness (QED) is 0.0109. The summed E-state index contributed by atoms with van der Waals surface area (Å²) in [5.41, 5.74) is 67.2. The smallest absolute Gasteiger partial charge is 0.488 e. The van der Waals surface area contributed by atoms with Gasteiger partial charge in [-0.3, -0.25) is 62.3 Å². The van der Waals surface area contributed by atoms with Gasteiger partial charge in [0.1, 0.15) is 60.1 Å². The van der Waals surface area contributed by atoms with Gasteiger partial charge in [-0.25, -0.2) is 15.0 Å². The zero-order chi connectivity index (χ0) is 92.2. The molecule has 13 amide bonds. The third-order valence-corrected chi connectivity index (χ3v) is 23.8. The Morgan fingerprint density at radius 3 is 1.17 bits per heavy atom. The monoisotopic (exact) mass is 1770 g/mol. The Morgan fingerprint density at radius 2 is 0.756 bits per heavy atom. The highest BCUT2D eigenvalue weighted by atomic mass is 16.4. The number of likely N-dealkylation sites (tertiary alicyclic amines) is 5. The van der Waals surface area contributed by atoms with E-state index in [4.69, 9.17) is 63.1 Å². The first-order valence-electron chi connectivity index (χ1n) is 42.7. The third kappa shape index (κ3) is 26.6. The number of rotatable bonds is 39. The van der Waals surface area contributed by atoms with Crippen LogP contribution in [0.25, 0.3) is 0 Å². The maximum absolute atomic E-state index is 15.7. The van der Waals surface area contributed by atoms with Gasteiger partial charge in [-0.05, 0) is 149 Å². The Bertz CT molecular complexity index is 4510. The molecule has 0 radical (unpaired) electrons. The largest absolute Gasteiger partial charge is 0.508 e. The second-order valence-electron chi connectivity index (χ2n) is 33.6. The molecule has 36 N–H and O–H groups in total. The van der Waals surface area contributed by atoms with Gasteiger partial charge in [0.15, 0.2) is 17.9 Å². The van der Waals surface area contributed by atoms with E-state index >= 15 is 24.0 Å². The number of carbonyl (C=O) groups excluding carboxylic acids is 13. The minimum Gasteiger partial charge on any atom is -0.508 e. The van der Waals surface area contributed by atoms with Gasteiger partial charge in [0, 0.05) is 114 Å². The van der Waals surface area contributed by atoms with Crippen LogP contribution in [0.4, 0.5) is 0 Å². The lowest BCUT2D eigenvalue weighted by atomic mass is 9.80. The second-order valence-corrected chi connectivity index (χ2v) is 33.6. The third-order valence-electron chi connectivity index (χ3n) is 23.8. The molecule has 7 saturated heterocycles. The fourth-order valence-electron chi connectivity index (χ4n) is 17.4. The zero-order valence-electron chi connectivity index (χ0n) is 70.5. The molecule has 3 aromatic rings. The topological polar surface area (TPSA) is 771 Å². The van der Waals surface area contributed by atoms with Crippen LogP contribution < -0.4 is 122 Å². The van der Waals surface area contributed by atoms with Crippen molar-refractivity contribution in [3.63, 3.8) is 0 Å². The number of hydrogen-bond acceptors (Lipinski definition) is 27. The van der Waals surface area contributed by atoms with Crippen molar-refractivity contribution < 1.29 is 87.5 Å². The number of hydrogen-bond donors (Lipinski definition) is 25. The summed E-state index contributed by atoms with van der Waals surface area (Å²) >= 11 is 0. The highest BCUT2D eigenvalue weighted by Crippen LogP contribution is 2.31. The fraction of sp³-hybridized carbons (Fsp3) is 0.570. The van der Waals surface area contributed by atoms with E-state index in [1.807, 2.05) is 0 Å². The van der Waals surface area contributed by atoms with Crippen LogP contribution in [0.2, 0.25) is 0 Å². The van der Waals surface area contributed by atoms with E-state index in [1.165, 1.54) is 92.4 Å². The van der Waals surface area contributed by atoms with E-state index in [9.17, 15) is 63.6 Å². The molecule has 0 aromatic heterocycles. The fourth-order valence-corrected chi connectivity index (χ4v) is 17.4. The van der Waals surface area contributed by atoms with Crippen LogP contribution in [-0.4, -0.2) is 333 Å². The first-order chi connectivity index (χ1) is 60.4. The second kappa shape index (κ2) is 45.0. The number of nitrogens with zero attached hydrogens (tertiary/aromatic N) is 8. The number of unbranched alkanes of at least 4 members (excludes halogenated alkanes) is 3. The summed E-state index contributed by atoms with van der Waals surface area (Å²) < 4.78 is 0. The molecule has 48 heteroatoms. The molecule has 127 heavy (non-hydrogen) atoms. The molecular weight excluding hydrogens is 1650 g/mol. The van der Waals surface area contributed by atoms with Gasteiger partial charge in [-0.15, -0.1) is 0 Å². The number of benzene rings is 3. The SMILES string of the molecule is NC(=O)[C@H](Cc1ccc(O)cc1)NC(=O)[C@H]1C[C@@H](N=C(N)N)CN1C(=O)[C@H](CCCCNC(=O)c1ccc(B(O)O)cc1)NC(=O)[C@H](CCCCNC(=O)c1ccc(B(O)O)cc1)NC(=O)[C@H](CCCCNC(=O)[C@H]1C[C@@H](N)CN1C(=O)[C@H]1C[C@@H](N)CN1C(=O)[C@H]1C[C@@H](N=C(N)N)CN1)NC(=O)[C@H]1C[C@@H](N)CN1C(=O)[C@H]1C[C@@H](N)CN1C(=O)[C@H]1C[C@@H](N=C(N)N)CN1. The standard InChI is InChI=1S/C79H120B2N28O18/c82-45-26-59(105(35-45)75(122)62-28-47(84)37-107(62)73(120)57-30-49(33-96-57)98-77(87)88)69(116)95-24-5-2-8-54(102-70(117)60-27-46(83)36-106(60)76(123)63-29-48(85)38-108(63)74(121)58-31-50(34-97-58)99-78(89)90)67(114)101-53(7-1-4-22-93-65(112)41-12-16-43(17-13-41)80(124)125)68(115)103-55(9-3-6-23-94-66(113)42-14-18-44(19-15-42)81(126)127)72(119)109-39-51(100-79(91)92)32-61(109)71(118)104-56(64(86)111)25-40-10-20-52(110)21-11-40/h10-21,45-51,53-63,96-97,110,124-127H,1-9,22-39,82-85H2,(H2,86,111)(H,93,112)(H,94,113)(H,95,116)(H,101,114)(H,102,117)(H,103,115)(H,104,118)(H4,87,88,98)(H4,89,90,99)(H4,91,92,100)/t45-,46-,47-,48-,49-,50-,51-,53+,54+,55+,56+,57-,58-,59-,60-,61-,62-,63-/m1/s1.